The van der Waals surface area contributed by atoms with Crippen LogP contribution < -0.4 is 10.3 Å². The third kappa shape index (κ3) is 4.93. The third-order valence-corrected chi connectivity index (χ3v) is 5.40. The minimum Gasteiger partial charge on any atom is -0.337 e. The maximum Gasteiger partial charge on any atom is 0.426 e. The Hall–Kier alpha value is -1.63. The maximum absolute atomic E-state index is 12.3. The lowest BCUT2D eigenvalue weighted by atomic mass is 9.83. The van der Waals surface area contributed by atoms with Crippen molar-refractivity contribution in [1.29, 1.82) is 0 Å². The van der Waals surface area contributed by atoms with E-state index in [1.54, 1.807) is 0 Å². The van der Waals surface area contributed by atoms with Crippen LogP contribution in [0.15, 0.2) is 15.5 Å². The fraction of sp³-hybridized carbons (Fsp3) is 0.833. The van der Waals surface area contributed by atoms with Crippen molar-refractivity contribution < 1.29 is 14.0 Å². The van der Waals surface area contributed by atoms with Crippen LogP contribution >= 0.6 is 0 Å². The number of rotatable bonds is 4. The molecule has 0 aromatic carbocycles. The second-order valence-corrected chi connectivity index (χ2v) is 8.83. The van der Waals surface area contributed by atoms with Gasteiger partial charge in [0.05, 0.1) is 0 Å². The van der Waals surface area contributed by atoms with Gasteiger partial charge in [0.2, 0.25) is 0 Å². The lowest BCUT2D eigenvalue weighted by Gasteiger charge is -2.34. The zero-order valence-electron chi connectivity index (χ0n) is 15.7. The van der Waals surface area contributed by atoms with Gasteiger partial charge >= 0.3 is 5.63 Å². The van der Waals surface area contributed by atoms with Crippen LogP contribution in [0.5, 0.6) is 0 Å². The molecular formula is C18H31N4O3+. The molecule has 1 N–H and O–H groups in total. The van der Waals surface area contributed by atoms with Crippen LogP contribution in [0, 0.1) is 17.3 Å². The highest BCUT2D eigenvalue weighted by Crippen LogP contribution is 2.33. The first-order chi connectivity index (χ1) is 11.8. The monoisotopic (exact) mass is 351 g/mol. The number of H-pyrrole nitrogens is 1. The van der Waals surface area contributed by atoms with Crippen LogP contribution in [0.3, 0.4) is 0 Å². The smallest absolute Gasteiger partial charge is 0.337 e. The van der Waals surface area contributed by atoms with Crippen LogP contribution in [-0.2, 0) is 11.3 Å². The predicted molar refractivity (Wildman–Crippen MR) is 92.8 cm³/mol. The summed E-state index contributed by atoms with van der Waals surface area (Å²) in [6.45, 7) is 12.3. The summed E-state index contributed by atoms with van der Waals surface area (Å²) in [4.78, 5) is 27.9. The first-order valence-electron chi connectivity index (χ1n) is 9.38. The SMILES string of the molecule is CC(C)(C)CN1CC[C@H](C2CCN(C(=O)C[n+]3cc(=O)o[nH]3)CC2)C1. The predicted octanol–water partition coefficient (Wildman–Crippen LogP) is 0.862. The number of carbonyl (C=O) groups excluding carboxylic acids is 1. The van der Waals surface area contributed by atoms with Gasteiger partial charge in [0.1, 0.15) is 0 Å². The molecule has 1 aromatic heterocycles. The van der Waals surface area contributed by atoms with E-state index in [1.807, 2.05) is 4.90 Å². The maximum atomic E-state index is 12.3. The molecule has 25 heavy (non-hydrogen) atoms. The number of likely N-dealkylation sites (tertiary alicyclic amines) is 2. The normalized spacial score (nSPS) is 23.3. The van der Waals surface area contributed by atoms with Crippen LogP contribution in [0.25, 0.3) is 0 Å². The summed E-state index contributed by atoms with van der Waals surface area (Å²) < 4.78 is 5.99. The standard InChI is InChI=1S/C18H30N4O3/c1-18(2,3)13-20-7-4-15(10-20)14-5-8-21(9-6-14)16(23)11-22-12-17(24)25-19-22/h12,14-15H,4-11,13H2,1-3H3/p+1/t15-/m0/s1. The minimum atomic E-state index is -0.465. The molecule has 3 heterocycles. The van der Waals surface area contributed by atoms with Gasteiger partial charge in [0.15, 0.2) is 0 Å². The number of nitrogens with zero attached hydrogens (tertiary/aromatic N) is 3. The van der Waals surface area contributed by atoms with E-state index < -0.39 is 5.63 Å². The van der Waals surface area contributed by atoms with Gasteiger partial charge in [0.25, 0.3) is 18.6 Å². The largest absolute Gasteiger partial charge is 0.426 e. The third-order valence-electron chi connectivity index (χ3n) is 5.40. The molecule has 2 aliphatic rings. The highest BCUT2D eigenvalue weighted by molar-refractivity contribution is 5.74. The summed E-state index contributed by atoms with van der Waals surface area (Å²) in [6.07, 6.45) is 4.74. The van der Waals surface area contributed by atoms with Crippen LogP contribution in [-0.4, -0.2) is 53.7 Å². The topological polar surface area (TPSA) is 73.4 Å². The first kappa shape index (κ1) is 18.2. The number of piperidine rings is 1. The molecule has 0 aliphatic carbocycles. The van der Waals surface area contributed by atoms with Crippen molar-refractivity contribution >= 4 is 5.91 Å². The Morgan fingerprint density at radius 1 is 1.24 bits per heavy atom. The van der Waals surface area contributed by atoms with Gasteiger partial charge in [-0.25, -0.2) is 4.79 Å². The summed E-state index contributed by atoms with van der Waals surface area (Å²) >= 11 is 0. The number of aromatic amines is 1. The molecule has 3 rings (SSSR count). The average molecular weight is 351 g/mol. The summed E-state index contributed by atoms with van der Waals surface area (Å²) in [7, 11) is 0. The number of amides is 1. The molecule has 1 aromatic rings. The highest BCUT2D eigenvalue weighted by Gasteiger charge is 2.34. The molecule has 2 aliphatic heterocycles. The van der Waals surface area contributed by atoms with E-state index in [4.69, 9.17) is 0 Å². The number of hydrogen-bond donors (Lipinski definition) is 1. The Balaban J connectivity index is 1.44. The molecule has 1 amide bonds. The van der Waals surface area contributed by atoms with Gasteiger partial charge in [-0.3, -0.25) is 9.32 Å². The molecule has 7 nitrogen and oxygen atoms in total. The van der Waals surface area contributed by atoms with Crippen molar-refractivity contribution in [2.75, 3.05) is 32.7 Å². The fourth-order valence-electron chi connectivity index (χ4n) is 4.29. The van der Waals surface area contributed by atoms with Crippen molar-refractivity contribution in [3.8, 4) is 0 Å². The zero-order valence-corrected chi connectivity index (χ0v) is 15.7. The second kappa shape index (κ2) is 7.32. The average Bonchev–Trinajstić information content (AvgIpc) is 3.15. The molecule has 0 bridgehead atoms. The van der Waals surface area contributed by atoms with E-state index in [9.17, 15) is 9.59 Å². The molecule has 0 spiro atoms. The number of hydrogen-bond acceptors (Lipinski definition) is 4. The van der Waals surface area contributed by atoms with Crippen molar-refractivity contribution in [1.82, 2.24) is 15.1 Å². The van der Waals surface area contributed by atoms with E-state index in [0.717, 1.165) is 37.8 Å². The van der Waals surface area contributed by atoms with Crippen LogP contribution in [0.1, 0.15) is 40.0 Å². The summed E-state index contributed by atoms with van der Waals surface area (Å²) in [5, 5.41) is 2.43. The van der Waals surface area contributed by atoms with E-state index in [-0.39, 0.29) is 12.5 Å². The Labute approximate surface area is 148 Å². The molecular weight excluding hydrogens is 320 g/mol. The van der Waals surface area contributed by atoms with E-state index in [2.05, 4.69) is 35.5 Å². The van der Waals surface area contributed by atoms with E-state index in [1.165, 1.54) is 36.9 Å². The van der Waals surface area contributed by atoms with Crippen molar-refractivity contribution in [2.24, 2.45) is 17.3 Å². The lowest BCUT2D eigenvalue weighted by molar-refractivity contribution is -0.751. The molecule has 0 radical (unpaired) electrons. The molecule has 140 valence electrons. The van der Waals surface area contributed by atoms with Crippen LogP contribution in [0.2, 0.25) is 0 Å². The van der Waals surface area contributed by atoms with Gasteiger partial charge in [0, 0.05) is 26.2 Å². The van der Waals surface area contributed by atoms with Crippen LogP contribution in [0.4, 0.5) is 0 Å². The summed E-state index contributed by atoms with van der Waals surface area (Å²) in [6, 6.07) is 0. The summed E-state index contributed by atoms with van der Waals surface area (Å²) in [5.74, 6) is 1.55. The Bertz CT molecular complexity index is 637. The molecule has 2 fully saturated rings. The van der Waals surface area contributed by atoms with Gasteiger partial charge in [-0.1, -0.05) is 25.5 Å². The van der Waals surface area contributed by atoms with Gasteiger partial charge in [-0.05, 0) is 48.3 Å². The Morgan fingerprint density at radius 3 is 2.52 bits per heavy atom. The van der Waals surface area contributed by atoms with Crippen molar-refractivity contribution in [2.45, 2.75) is 46.6 Å². The molecule has 7 heteroatoms. The van der Waals surface area contributed by atoms with Gasteiger partial charge in [-0.2, -0.15) is 0 Å². The first-order valence-corrected chi connectivity index (χ1v) is 9.38. The molecule has 1 atom stereocenters. The van der Waals surface area contributed by atoms with Gasteiger partial charge in [-0.15, -0.1) is 0 Å². The van der Waals surface area contributed by atoms with Crippen molar-refractivity contribution in [3.05, 3.63) is 16.6 Å². The molecule has 2 saturated heterocycles. The minimum absolute atomic E-state index is 0.0429. The zero-order chi connectivity index (χ0) is 18.0. The quantitative estimate of drug-likeness (QED) is 0.817. The Morgan fingerprint density at radius 2 is 1.92 bits per heavy atom. The Kier molecular flexibility index (Phi) is 5.32. The lowest BCUT2D eigenvalue weighted by Crippen LogP contribution is -2.48. The van der Waals surface area contributed by atoms with Crippen molar-refractivity contribution in [3.63, 3.8) is 0 Å². The van der Waals surface area contributed by atoms with E-state index >= 15 is 0 Å². The number of nitrogens with one attached hydrogen (secondary N) is 1. The molecule has 0 unspecified atom stereocenters. The molecule has 0 saturated carbocycles. The highest BCUT2D eigenvalue weighted by atomic mass is 16.5. The summed E-state index contributed by atoms with van der Waals surface area (Å²) in [5.41, 5.74) is -0.108. The van der Waals surface area contributed by atoms with E-state index in [0.29, 0.717) is 5.41 Å². The number of aromatic nitrogens is 2. The number of carbonyl (C=O) groups is 1. The second-order valence-electron chi connectivity index (χ2n) is 8.83. The fourth-order valence-corrected chi connectivity index (χ4v) is 4.29. The van der Waals surface area contributed by atoms with Gasteiger partial charge < -0.3 is 9.80 Å².